The molecule has 9 nitrogen and oxygen atoms in total. The molecule has 2 amide bonds. The van der Waals surface area contributed by atoms with E-state index in [1.54, 1.807) is 12.1 Å². The third-order valence-electron chi connectivity index (χ3n) is 11.7. The Bertz CT molecular complexity index is 1930. The molecule has 56 heavy (non-hydrogen) atoms. The Kier molecular flexibility index (Phi) is 13.1. The molecule has 0 unspecified atom stereocenters. The van der Waals surface area contributed by atoms with E-state index in [1.165, 1.54) is 11.0 Å². The molecular weight excluding hydrogens is 745 g/mol. The van der Waals surface area contributed by atoms with Gasteiger partial charge in [0.05, 0.1) is 29.6 Å². The van der Waals surface area contributed by atoms with Gasteiger partial charge in [-0.3, -0.25) is 19.3 Å². The van der Waals surface area contributed by atoms with Crippen LogP contribution in [0.5, 0.6) is 5.75 Å². The van der Waals surface area contributed by atoms with Crippen LogP contribution in [0.25, 0.3) is 6.08 Å². The molecule has 0 spiro atoms. The molecule has 296 valence electrons. The summed E-state index contributed by atoms with van der Waals surface area (Å²) in [5.41, 5.74) is 3.71. The summed E-state index contributed by atoms with van der Waals surface area (Å²) < 4.78 is 13.8. The monoisotopic (exact) mass is 797 g/mol. The number of amides is 2. The van der Waals surface area contributed by atoms with E-state index in [0.29, 0.717) is 43.5 Å². The number of carbonyl (C=O) groups is 3. The van der Waals surface area contributed by atoms with E-state index in [0.717, 1.165) is 32.7 Å². The van der Waals surface area contributed by atoms with E-state index in [1.807, 2.05) is 49.4 Å². The molecule has 0 bridgehead atoms. The third-order valence-corrected chi connectivity index (χ3v) is 17.0. The van der Waals surface area contributed by atoms with Gasteiger partial charge in [0.25, 0.3) is 8.32 Å². The first-order valence-corrected chi connectivity index (χ1v) is 22.0. The van der Waals surface area contributed by atoms with E-state index < -0.39 is 45.3 Å². The van der Waals surface area contributed by atoms with Crippen molar-refractivity contribution < 1.29 is 38.7 Å². The van der Waals surface area contributed by atoms with Crippen LogP contribution in [0.1, 0.15) is 78.2 Å². The lowest BCUT2D eigenvalue weighted by molar-refractivity contribution is -0.141. The van der Waals surface area contributed by atoms with E-state index in [-0.39, 0.29) is 48.5 Å². The summed E-state index contributed by atoms with van der Waals surface area (Å²) in [4.78, 5) is 40.9. The van der Waals surface area contributed by atoms with Crippen molar-refractivity contribution in [2.75, 3.05) is 13.2 Å². The maximum atomic E-state index is 14.2. The van der Waals surface area contributed by atoms with Crippen molar-refractivity contribution >= 4 is 61.3 Å². The topological polar surface area (TPSA) is 134 Å². The summed E-state index contributed by atoms with van der Waals surface area (Å²) in [6, 6.07) is 25.7. The highest BCUT2D eigenvalue weighted by atomic mass is 35.5. The molecule has 2 aliphatic heterocycles. The molecule has 4 atom stereocenters. The van der Waals surface area contributed by atoms with Gasteiger partial charge in [0, 0.05) is 13.0 Å². The number of hydrogen-bond acceptors (Lipinski definition) is 7. The average molecular weight is 798 g/mol. The van der Waals surface area contributed by atoms with Crippen molar-refractivity contribution in [3.63, 3.8) is 0 Å². The molecular formula is C44H53BClNO8Si. The average Bonchev–Trinajstić information content (AvgIpc) is 3.39. The number of aliphatic carboxylic acids is 1. The van der Waals surface area contributed by atoms with Crippen molar-refractivity contribution in [1.29, 1.82) is 0 Å². The SMILES string of the molecule is C/C(=C\c1ccc(O)cc1Cl)CC[C@H]1OB(O)C[C@H]2C1=C(CO[Si](c1ccccc1)(c1ccccc1)C(C)(C)C)C[C@H]1C(=O)N(CCCCCC(=O)O)C(=O)[C@H]12. The second kappa shape index (κ2) is 17.6. The maximum absolute atomic E-state index is 14.2. The smallest absolute Gasteiger partial charge is 0.455 e. The summed E-state index contributed by atoms with van der Waals surface area (Å²) in [6.45, 7) is 9.17. The fraction of sp³-hybridized carbons (Fsp3) is 0.432. The number of aromatic hydroxyl groups is 1. The van der Waals surface area contributed by atoms with E-state index in [2.05, 4.69) is 45.0 Å². The van der Waals surface area contributed by atoms with Crippen molar-refractivity contribution in [2.24, 2.45) is 17.8 Å². The summed E-state index contributed by atoms with van der Waals surface area (Å²) >= 11 is 6.43. The van der Waals surface area contributed by atoms with Gasteiger partial charge in [-0.05, 0) is 102 Å². The van der Waals surface area contributed by atoms with Crippen molar-refractivity contribution in [1.82, 2.24) is 4.90 Å². The van der Waals surface area contributed by atoms with Crippen molar-refractivity contribution in [2.45, 2.75) is 90.1 Å². The zero-order valence-electron chi connectivity index (χ0n) is 32.7. The van der Waals surface area contributed by atoms with Crippen LogP contribution in [0, 0.1) is 17.8 Å². The van der Waals surface area contributed by atoms with Crippen LogP contribution in [-0.4, -0.2) is 72.6 Å². The highest BCUT2D eigenvalue weighted by Crippen LogP contribution is 2.51. The number of carboxylic acid groups (broad SMARTS) is 1. The number of halogens is 1. The van der Waals surface area contributed by atoms with Gasteiger partial charge in [-0.15, -0.1) is 0 Å². The van der Waals surface area contributed by atoms with Gasteiger partial charge in [-0.2, -0.15) is 0 Å². The molecule has 3 N–H and O–H groups in total. The van der Waals surface area contributed by atoms with Crippen molar-refractivity contribution in [3.05, 3.63) is 106 Å². The molecule has 2 fully saturated rings. The summed E-state index contributed by atoms with van der Waals surface area (Å²) in [6.07, 6.45) is 4.79. The van der Waals surface area contributed by atoms with E-state index in [9.17, 15) is 24.5 Å². The van der Waals surface area contributed by atoms with Crippen LogP contribution < -0.4 is 10.4 Å². The highest BCUT2D eigenvalue weighted by molar-refractivity contribution is 6.99. The first kappa shape index (κ1) is 41.6. The third kappa shape index (κ3) is 8.77. The van der Waals surface area contributed by atoms with Gasteiger partial charge in [-0.25, -0.2) is 0 Å². The Labute approximate surface area is 336 Å². The van der Waals surface area contributed by atoms with E-state index >= 15 is 0 Å². The Morgan fingerprint density at radius 2 is 1.62 bits per heavy atom. The highest BCUT2D eigenvalue weighted by Gasteiger charge is 2.58. The number of hydrogen-bond donors (Lipinski definition) is 3. The Balaban J connectivity index is 1.37. The number of rotatable bonds is 15. The molecule has 2 saturated heterocycles. The van der Waals surface area contributed by atoms with Gasteiger partial charge >= 0.3 is 13.1 Å². The zero-order chi connectivity index (χ0) is 40.2. The van der Waals surface area contributed by atoms with Crippen LogP contribution in [0.3, 0.4) is 0 Å². The normalized spacial score (nSPS) is 21.7. The molecule has 12 heteroatoms. The van der Waals surface area contributed by atoms with Gasteiger partial charge in [-0.1, -0.05) is 111 Å². The second-order valence-corrected chi connectivity index (χ2v) is 21.2. The molecule has 0 aromatic heterocycles. The van der Waals surface area contributed by atoms with Crippen molar-refractivity contribution in [3.8, 4) is 5.75 Å². The molecule has 3 aromatic carbocycles. The van der Waals surface area contributed by atoms with Crippen LogP contribution in [0.2, 0.25) is 16.4 Å². The van der Waals surface area contributed by atoms with Gasteiger partial charge in [0.2, 0.25) is 11.8 Å². The number of nitrogens with zero attached hydrogens (tertiary/aromatic N) is 1. The standard InChI is InChI=1S/C44H53BClNO8Si/c1-29(24-30-20-21-32(48)26-37(30)46)19-22-38-40-31(28-54-56(44(2,3)4,33-14-8-5-9-15-33)34-16-10-6-11-17-34)25-35-41(36(40)27-45(53)55-38)43(52)47(42(35)51)23-13-7-12-18-39(49)50/h5-6,8-11,14-17,20-21,24,26,35-36,38,41,48,53H,7,12-13,18-19,22-23,25,27-28H2,1-4H3,(H,49,50)/b29-24+/t35-,36+,38-,41-/m1/s1. The summed E-state index contributed by atoms with van der Waals surface area (Å²) in [7, 11) is -4.11. The number of benzene rings is 3. The predicted molar refractivity (Wildman–Crippen MR) is 222 cm³/mol. The Hall–Kier alpha value is -4.00. The minimum Gasteiger partial charge on any atom is -0.508 e. The number of carboxylic acids is 1. The fourth-order valence-electron chi connectivity index (χ4n) is 9.19. The quantitative estimate of drug-likeness (QED) is 0.0635. The molecule has 0 radical (unpaired) electrons. The number of phenolic OH excluding ortho intramolecular Hbond substituents is 1. The number of phenols is 1. The number of imide groups is 1. The first-order valence-electron chi connectivity index (χ1n) is 19.7. The molecule has 3 aliphatic rings. The maximum Gasteiger partial charge on any atom is 0.455 e. The molecule has 6 rings (SSSR count). The molecule has 1 aliphatic carbocycles. The molecule has 3 aromatic rings. The van der Waals surface area contributed by atoms with Crippen LogP contribution in [0.4, 0.5) is 0 Å². The number of allylic oxidation sites excluding steroid dienone is 1. The van der Waals surface area contributed by atoms with Gasteiger partial charge < -0.3 is 24.3 Å². The minimum absolute atomic E-state index is 0.0487. The summed E-state index contributed by atoms with van der Waals surface area (Å²) in [5.74, 6) is -2.82. The number of unbranched alkanes of at least 4 members (excludes halogenated alkanes) is 2. The van der Waals surface area contributed by atoms with Gasteiger partial charge in [0.1, 0.15) is 5.75 Å². The fourth-order valence-corrected chi connectivity index (χ4v) is 14.0. The predicted octanol–water partition coefficient (Wildman–Crippen LogP) is 7.25. The van der Waals surface area contributed by atoms with Crippen LogP contribution in [-0.2, 0) is 23.5 Å². The van der Waals surface area contributed by atoms with Gasteiger partial charge in [0.15, 0.2) is 0 Å². The minimum atomic E-state index is -2.99. The number of carbonyl (C=O) groups excluding carboxylic acids is 2. The number of likely N-dealkylation sites (tertiary alicyclic amines) is 1. The van der Waals surface area contributed by atoms with E-state index in [4.69, 9.17) is 25.8 Å². The lowest BCUT2D eigenvalue weighted by Crippen LogP contribution is -2.66. The van der Waals surface area contributed by atoms with Crippen LogP contribution in [0.15, 0.2) is 95.6 Å². The molecule has 0 saturated carbocycles. The molecule has 2 heterocycles. The lowest BCUT2D eigenvalue weighted by Gasteiger charge is -2.46. The Morgan fingerprint density at radius 3 is 2.23 bits per heavy atom. The zero-order valence-corrected chi connectivity index (χ0v) is 34.5. The second-order valence-electron chi connectivity index (χ2n) is 16.5. The summed E-state index contributed by atoms with van der Waals surface area (Å²) in [5, 5.41) is 32.6. The lowest BCUT2D eigenvalue weighted by atomic mass is 9.58. The largest absolute Gasteiger partial charge is 0.508 e. The van der Waals surface area contributed by atoms with Crippen LogP contribution >= 0.6 is 11.6 Å². The number of fused-ring (bicyclic) bond motifs is 3. The Morgan fingerprint density at radius 1 is 0.964 bits per heavy atom. The first-order chi connectivity index (χ1) is 26.7.